The summed E-state index contributed by atoms with van der Waals surface area (Å²) in [7, 11) is 0. The number of nitrogens with zero attached hydrogens (tertiary/aromatic N) is 1. The lowest BCUT2D eigenvalue weighted by atomic mass is 10.2. The van der Waals surface area contributed by atoms with Crippen LogP contribution in [0.1, 0.15) is 17.6 Å². The maximum Gasteiger partial charge on any atom is 0.234 e. The molecular formula is C12H12N2O. The number of anilines is 1. The summed E-state index contributed by atoms with van der Waals surface area (Å²) in [5.41, 5.74) is 7.38. The second-order valence-corrected chi connectivity index (χ2v) is 4.12. The monoisotopic (exact) mass is 200 g/mol. The highest BCUT2D eigenvalue weighted by molar-refractivity contribution is 5.95. The number of nitrogen functional groups attached to an aromatic ring is 1. The number of benzene rings is 1. The maximum absolute atomic E-state index is 11.9. The van der Waals surface area contributed by atoms with Crippen LogP contribution >= 0.6 is 0 Å². The van der Waals surface area contributed by atoms with E-state index in [9.17, 15) is 4.79 Å². The fourth-order valence-corrected chi connectivity index (χ4v) is 1.88. The van der Waals surface area contributed by atoms with Crippen molar-refractivity contribution in [3.05, 3.63) is 30.5 Å². The Kier molecular flexibility index (Phi) is 1.63. The molecule has 0 unspecified atom stereocenters. The molecule has 0 spiro atoms. The van der Waals surface area contributed by atoms with Gasteiger partial charge in [-0.3, -0.25) is 9.36 Å². The topological polar surface area (TPSA) is 48.0 Å². The first-order valence-corrected chi connectivity index (χ1v) is 5.16. The lowest BCUT2D eigenvalue weighted by Crippen LogP contribution is -2.10. The third-order valence-corrected chi connectivity index (χ3v) is 2.88. The zero-order valence-electron chi connectivity index (χ0n) is 8.31. The number of fused-ring (bicyclic) bond motifs is 1. The molecule has 3 rings (SSSR count). The Morgan fingerprint density at radius 2 is 2.13 bits per heavy atom. The molecule has 1 aliphatic rings. The molecule has 0 amide bonds. The van der Waals surface area contributed by atoms with E-state index in [0.29, 0.717) is 0 Å². The zero-order chi connectivity index (χ0) is 10.4. The summed E-state index contributed by atoms with van der Waals surface area (Å²) >= 11 is 0. The van der Waals surface area contributed by atoms with Crippen LogP contribution < -0.4 is 5.73 Å². The minimum Gasteiger partial charge on any atom is -0.399 e. The predicted molar refractivity (Wildman–Crippen MR) is 59.7 cm³/mol. The van der Waals surface area contributed by atoms with Gasteiger partial charge in [-0.15, -0.1) is 0 Å². The van der Waals surface area contributed by atoms with Gasteiger partial charge < -0.3 is 5.73 Å². The van der Waals surface area contributed by atoms with Crippen LogP contribution in [0.15, 0.2) is 30.5 Å². The molecule has 76 valence electrons. The van der Waals surface area contributed by atoms with E-state index in [-0.39, 0.29) is 11.8 Å². The molecule has 1 saturated carbocycles. The van der Waals surface area contributed by atoms with Crippen LogP contribution in [-0.2, 0) is 0 Å². The number of nitrogens with two attached hydrogens (primary N) is 1. The number of aromatic nitrogens is 1. The fourth-order valence-electron chi connectivity index (χ4n) is 1.88. The van der Waals surface area contributed by atoms with Crippen molar-refractivity contribution in [2.45, 2.75) is 12.8 Å². The first-order chi connectivity index (χ1) is 7.25. The second kappa shape index (κ2) is 2.86. The summed E-state index contributed by atoms with van der Waals surface area (Å²) in [6.07, 6.45) is 3.91. The number of carbonyl (C=O) groups excluding carboxylic acids is 1. The number of rotatable bonds is 1. The fraction of sp³-hybridized carbons (Fsp3) is 0.250. The van der Waals surface area contributed by atoms with E-state index in [4.69, 9.17) is 5.73 Å². The van der Waals surface area contributed by atoms with Gasteiger partial charge in [0, 0.05) is 23.2 Å². The Morgan fingerprint density at radius 1 is 1.33 bits per heavy atom. The van der Waals surface area contributed by atoms with Crippen molar-refractivity contribution < 1.29 is 4.79 Å². The number of carbonyl (C=O) groups is 1. The van der Waals surface area contributed by atoms with Gasteiger partial charge in [-0.1, -0.05) is 0 Å². The molecule has 0 bridgehead atoms. The van der Waals surface area contributed by atoms with Crippen molar-refractivity contribution in [3.8, 4) is 0 Å². The van der Waals surface area contributed by atoms with Gasteiger partial charge in [-0.25, -0.2) is 0 Å². The highest BCUT2D eigenvalue weighted by Crippen LogP contribution is 2.32. The molecule has 15 heavy (non-hydrogen) atoms. The van der Waals surface area contributed by atoms with Crippen molar-refractivity contribution in [1.29, 1.82) is 0 Å². The summed E-state index contributed by atoms with van der Waals surface area (Å²) in [4.78, 5) is 11.9. The van der Waals surface area contributed by atoms with Crippen LogP contribution in [0.25, 0.3) is 10.9 Å². The van der Waals surface area contributed by atoms with Gasteiger partial charge in [-0.2, -0.15) is 0 Å². The summed E-state index contributed by atoms with van der Waals surface area (Å²) in [6.45, 7) is 0. The van der Waals surface area contributed by atoms with E-state index in [2.05, 4.69) is 0 Å². The first-order valence-electron chi connectivity index (χ1n) is 5.16. The van der Waals surface area contributed by atoms with E-state index in [1.54, 1.807) is 4.57 Å². The quantitative estimate of drug-likeness (QED) is 0.718. The molecule has 0 atom stereocenters. The smallest absolute Gasteiger partial charge is 0.234 e. The third kappa shape index (κ3) is 1.31. The van der Waals surface area contributed by atoms with Crippen molar-refractivity contribution in [3.63, 3.8) is 0 Å². The standard InChI is InChI=1S/C12H12N2O/c13-10-3-4-11-9(7-10)5-6-14(11)12(15)8-1-2-8/h3-8H,1-2,13H2. The average molecular weight is 200 g/mol. The van der Waals surface area contributed by atoms with Crippen molar-refractivity contribution in [1.82, 2.24) is 4.57 Å². The molecule has 3 nitrogen and oxygen atoms in total. The molecular weight excluding hydrogens is 188 g/mol. The molecule has 1 aromatic heterocycles. The van der Waals surface area contributed by atoms with Crippen LogP contribution in [0.2, 0.25) is 0 Å². The minimum atomic E-state index is 0.217. The van der Waals surface area contributed by atoms with Crippen LogP contribution in [0.5, 0.6) is 0 Å². The largest absolute Gasteiger partial charge is 0.399 e. The Morgan fingerprint density at radius 3 is 2.87 bits per heavy atom. The van der Waals surface area contributed by atoms with E-state index in [1.807, 2.05) is 30.5 Å². The van der Waals surface area contributed by atoms with Gasteiger partial charge >= 0.3 is 0 Å². The molecule has 2 aromatic rings. The molecule has 3 heteroatoms. The van der Waals surface area contributed by atoms with E-state index in [0.717, 1.165) is 29.4 Å². The highest BCUT2D eigenvalue weighted by atomic mass is 16.2. The summed E-state index contributed by atoms with van der Waals surface area (Å²) in [5.74, 6) is 0.466. The van der Waals surface area contributed by atoms with Gasteiger partial charge in [0.15, 0.2) is 0 Å². The Labute approximate surface area is 87.5 Å². The Balaban J connectivity index is 2.15. The van der Waals surface area contributed by atoms with Crippen LogP contribution in [0, 0.1) is 5.92 Å². The van der Waals surface area contributed by atoms with Crippen LogP contribution in [-0.4, -0.2) is 10.5 Å². The van der Waals surface area contributed by atoms with E-state index in [1.165, 1.54) is 0 Å². The van der Waals surface area contributed by atoms with Crippen LogP contribution in [0.4, 0.5) is 5.69 Å². The molecule has 1 aliphatic carbocycles. The number of hydrogen-bond acceptors (Lipinski definition) is 2. The van der Waals surface area contributed by atoms with Gasteiger partial charge in [0.05, 0.1) is 5.52 Å². The molecule has 1 aromatic carbocycles. The molecule has 1 fully saturated rings. The van der Waals surface area contributed by atoms with Crippen molar-refractivity contribution in [2.75, 3.05) is 5.73 Å². The predicted octanol–water partition coefficient (Wildman–Crippen LogP) is 2.27. The maximum atomic E-state index is 11.9. The first kappa shape index (κ1) is 8.53. The van der Waals surface area contributed by atoms with Gasteiger partial charge in [0.1, 0.15) is 0 Å². The van der Waals surface area contributed by atoms with Gasteiger partial charge in [0.25, 0.3) is 0 Å². The molecule has 0 saturated heterocycles. The summed E-state index contributed by atoms with van der Waals surface area (Å²) in [6, 6.07) is 7.57. The Bertz CT molecular complexity index is 538. The average Bonchev–Trinajstić information content (AvgIpc) is 2.98. The molecule has 1 heterocycles. The van der Waals surface area contributed by atoms with Gasteiger partial charge in [-0.05, 0) is 37.1 Å². The summed E-state index contributed by atoms with van der Waals surface area (Å²) in [5, 5.41) is 1.03. The molecule has 2 N–H and O–H groups in total. The Hall–Kier alpha value is -1.77. The lowest BCUT2D eigenvalue weighted by molar-refractivity contribution is 0.0891. The van der Waals surface area contributed by atoms with E-state index >= 15 is 0 Å². The SMILES string of the molecule is Nc1ccc2c(ccn2C(=O)C2CC2)c1. The third-order valence-electron chi connectivity index (χ3n) is 2.88. The normalized spacial score (nSPS) is 15.7. The minimum absolute atomic E-state index is 0.217. The molecule has 0 aliphatic heterocycles. The zero-order valence-corrected chi connectivity index (χ0v) is 8.31. The lowest BCUT2D eigenvalue weighted by Gasteiger charge is -2.02. The van der Waals surface area contributed by atoms with E-state index < -0.39 is 0 Å². The highest BCUT2D eigenvalue weighted by Gasteiger charge is 2.31. The number of hydrogen-bond donors (Lipinski definition) is 1. The van der Waals surface area contributed by atoms with Crippen LogP contribution in [0.3, 0.4) is 0 Å². The molecule has 0 radical (unpaired) electrons. The summed E-state index contributed by atoms with van der Waals surface area (Å²) < 4.78 is 1.74. The van der Waals surface area contributed by atoms with Gasteiger partial charge in [0.2, 0.25) is 5.91 Å². The second-order valence-electron chi connectivity index (χ2n) is 4.12. The van der Waals surface area contributed by atoms with Crippen molar-refractivity contribution >= 4 is 22.5 Å². The van der Waals surface area contributed by atoms with Crippen molar-refractivity contribution in [2.24, 2.45) is 5.92 Å².